The van der Waals surface area contributed by atoms with Crippen molar-refractivity contribution in [3.05, 3.63) is 47.5 Å². The molecule has 2 aromatic carbocycles. The smallest absolute Gasteiger partial charge is 0.308 e. The second kappa shape index (κ2) is 7.53. The second-order valence-electron chi connectivity index (χ2n) is 6.01. The number of hydrogen-bond acceptors (Lipinski definition) is 4. The zero-order chi connectivity index (χ0) is 18.7. The molecule has 1 aromatic heterocycles. The van der Waals surface area contributed by atoms with Crippen molar-refractivity contribution < 1.29 is 9.59 Å². The average Bonchev–Trinajstić information content (AvgIpc) is 2.99. The Bertz CT molecular complexity index is 964. The van der Waals surface area contributed by atoms with E-state index in [0.717, 1.165) is 27.0 Å². The number of nitrogens with zero attached hydrogens (tertiary/aromatic N) is 1. The van der Waals surface area contributed by atoms with Gasteiger partial charge in [0.25, 0.3) is 0 Å². The molecule has 1 heterocycles. The average molecular weight is 368 g/mol. The van der Waals surface area contributed by atoms with E-state index in [0.29, 0.717) is 17.2 Å². The summed E-state index contributed by atoms with van der Waals surface area (Å²) in [5, 5.41) is 8.99. The Morgan fingerprint density at radius 3 is 2.38 bits per heavy atom. The van der Waals surface area contributed by atoms with Crippen LogP contribution in [0, 0.1) is 13.8 Å². The minimum Gasteiger partial charge on any atom is -0.308 e. The lowest BCUT2D eigenvalue weighted by atomic mass is 10.2. The number of fused-ring (bicyclic) bond motifs is 1. The minimum atomic E-state index is -0.309. The second-order valence-corrected chi connectivity index (χ2v) is 7.04. The molecule has 0 bridgehead atoms. The molecule has 26 heavy (non-hydrogen) atoms. The third-order valence-corrected chi connectivity index (χ3v) is 4.74. The van der Waals surface area contributed by atoms with Crippen molar-refractivity contribution in [1.82, 2.24) is 4.98 Å². The molecule has 134 valence electrons. The molecule has 3 N–H and O–H groups in total. The first-order chi connectivity index (χ1) is 12.4. The molecule has 0 radical (unpaired) electrons. The highest BCUT2D eigenvalue weighted by Gasteiger charge is 2.11. The molecule has 0 spiro atoms. The van der Waals surface area contributed by atoms with E-state index in [1.165, 1.54) is 11.3 Å². The number of hydrogen-bond donors (Lipinski definition) is 3. The van der Waals surface area contributed by atoms with Crippen LogP contribution in [0.2, 0.25) is 0 Å². The van der Waals surface area contributed by atoms with E-state index < -0.39 is 0 Å². The molecule has 3 aromatic rings. The molecule has 0 aliphatic heterocycles. The van der Waals surface area contributed by atoms with Gasteiger partial charge in [0.05, 0.1) is 10.2 Å². The number of aryl methyl sites for hydroxylation is 2. The van der Waals surface area contributed by atoms with E-state index in [-0.39, 0.29) is 11.9 Å². The van der Waals surface area contributed by atoms with E-state index in [1.54, 1.807) is 6.92 Å². The van der Waals surface area contributed by atoms with Gasteiger partial charge in [0, 0.05) is 17.8 Å². The van der Waals surface area contributed by atoms with Gasteiger partial charge < -0.3 is 16.0 Å². The molecule has 6 nitrogen and oxygen atoms in total. The number of anilines is 3. The number of carbonyl (C=O) groups is 2. The van der Waals surface area contributed by atoms with Crippen LogP contribution in [0.15, 0.2) is 36.4 Å². The van der Waals surface area contributed by atoms with E-state index in [1.807, 2.05) is 50.2 Å². The van der Waals surface area contributed by atoms with Gasteiger partial charge >= 0.3 is 6.03 Å². The van der Waals surface area contributed by atoms with Gasteiger partial charge in [-0.05, 0) is 43.7 Å². The summed E-state index contributed by atoms with van der Waals surface area (Å²) in [6.07, 6.45) is 0.404. The SMILES string of the molecule is CCC(=O)Nc1nc2c(C)cc(NC(=O)Nc3ccc(C)cc3)cc2s1. The number of aromatic nitrogens is 1. The van der Waals surface area contributed by atoms with Crippen molar-refractivity contribution in [2.75, 3.05) is 16.0 Å². The Kier molecular flexibility index (Phi) is 5.18. The van der Waals surface area contributed by atoms with Gasteiger partial charge in [-0.15, -0.1) is 0 Å². The summed E-state index contributed by atoms with van der Waals surface area (Å²) < 4.78 is 0.905. The zero-order valence-corrected chi connectivity index (χ0v) is 15.7. The highest BCUT2D eigenvalue weighted by atomic mass is 32.1. The van der Waals surface area contributed by atoms with Crippen molar-refractivity contribution in [1.29, 1.82) is 0 Å². The molecule has 3 amide bonds. The van der Waals surface area contributed by atoms with E-state index >= 15 is 0 Å². The van der Waals surface area contributed by atoms with Crippen LogP contribution in [-0.2, 0) is 4.79 Å². The summed E-state index contributed by atoms with van der Waals surface area (Å²) in [7, 11) is 0. The Hall–Kier alpha value is -2.93. The van der Waals surface area contributed by atoms with Gasteiger partial charge in [0.15, 0.2) is 5.13 Å². The third-order valence-electron chi connectivity index (χ3n) is 3.82. The first kappa shape index (κ1) is 17.9. The quantitative estimate of drug-likeness (QED) is 0.612. The summed E-state index contributed by atoms with van der Waals surface area (Å²) >= 11 is 1.39. The summed E-state index contributed by atoms with van der Waals surface area (Å²) in [5.41, 5.74) is 4.30. The largest absolute Gasteiger partial charge is 0.323 e. The van der Waals surface area contributed by atoms with Crippen molar-refractivity contribution in [2.45, 2.75) is 27.2 Å². The van der Waals surface area contributed by atoms with Crippen LogP contribution in [0.5, 0.6) is 0 Å². The van der Waals surface area contributed by atoms with Gasteiger partial charge in [-0.3, -0.25) is 4.79 Å². The monoisotopic (exact) mass is 368 g/mol. The lowest BCUT2D eigenvalue weighted by Gasteiger charge is -2.09. The van der Waals surface area contributed by atoms with Crippen molar-refractivity contribution in [2.24, 2.45) is 0 Å². The molecule has 0 fully saturated rings. The van der Waals surface area contributed by atoms with E-state index in [4.69, 9.17) is 0 Å². The fourth-order valence-corrected chi connectivity index (χ4v) is 3.46. The summed E-state index contributed by atoms with van der Waals surface area (Å²) in [5.74, 6) is -0.0717. The Balaban J connectivity index is 1.76. The number of benzene rings is 2. The molecule has 0 saturated carbocycles. The molecule has 7 heteroatoms. The predicted molar refractivity (Wildman–Crippen MR) is 107 cm³/mol. The van der Waals surface area contributed by atoms with Crippen molar-refractivity contribution in [3.63, 3.8) is 0 Å². The highest BCUT2D eigenvalue weighted by molar-refractivity contribution is 7.22. The molecular weight excluding hydrogens is 348 g/mol. The van der Waals surface area contributed by atoms with Gasteiger partial charge in [0.2, 0.25) is 5.91 Å². The van der Waals surface area contributed by atoms with Crippen molar-refractivity contribution >= 4 is 50.0 Å². The molecule has 0 aliphatic rings. The van der Waals surface area contributed by atoms with Crippen LogP contribution >= 0.6 is 11.3 Å². The summed E-state index contributed by atoms with van der Waals surface area (Å²) in [6.45, 7) is 5.72. The Labute approximate surface area is 155 Å². The number of rotatable bonds is 4. The summed E-state index contributed by atoms with van der Waals surface area (Å²) in [6, 6.07) is 11.0. The van der Waals surface area contributed by atoms with E-state index in [2.05, 4.69) is 20.9 Å². The van der Waals surface area contributed by atoms with Crippen LogP contribution in [0.3, 0.4) is 0 Å². The molecule has 0 saturated heterocycles. The first-order valence-corrected chi connectivity index (χ1v) is 9.12. The molecule has 0 unspecified atom stereocenters. The van der Waals surface area contributed by atoms with Crippen LogP contribution in [0.25, 0.3) is 10.2 Å². The maximum Gasteiger partial charge on any atom is 0.323 e. The van der Waals surface area contributed by atoms with Gasteiger partial charge in [-0.25, -0.2) is 9.78 Å². The predicted octanol–water partition coefficient (Wildman–Crippen LogP) is 4.91. The number of carbonyl (C=O) groups excluding carboxylic acids is 2. The highest BCUT2D eigenvalue weighted by Crippen LogP contribution is 2.31. The Morgan fingerprint density at radius 2 is 1.69 bits per heavy atom. The van der Waals surface area contributed by atoms with Crippen LogP contribution in [0.4, 0.5) is 21.3 Å². The number of amides is 3. The third kappa shape index (κ3) is 4.18. The lowest BCUT2D eigenvalue weighted by molar-refractivity contribution is -0.115. The topological polar surface area (TPSA) is 83.1 Å². The van der Waals surface area contributed by atoms with Gasteiger partial charge in [-0.2, -0.15) is 0 Å². The standard InChI is InChI=1S/C19H20N4O2S/c1-4-16(24)22-19-23-17-12(3)9-14(10-15(17)26-19)21-18(25)20-13-7-5-11(2)6-8-13/h5-10H,4H2,1-3H3,(H2,20,21,25)(H,22,23,24). The van der Waals surface area contributed by atoms with Gasteiger partial charge in [0.1, 0.15) is 0 Å². The van der Waals surface area contributed by atoms with Crippen LogP contribution in [0.1, 0.15) is 24.5 Å². The van der Waals surface area contributed by atoms with Crippen molar-refractivity contribution in [3.8, 4) is 0 Å². The molecule has 0 atom stereocenters. The fraction of sp³-hybridized carbons (Fsp3) is 0.211. The fourth-order valence-electron chi connectivity index (χ4n) is 2.46. The molecule has 0 aliphatic carbocycles. The first-order valence-electron chi connectivity index (χ1n) is 8.30. The number of nitrogens with one attached hydrogen (secondary N) is 3. The number of urea groups is 1. The normalized spacial score (nSPS) is 10.6. The molecular formula is C19H20N4O2S. The van der Waals surface area contributed by atoms with Crippen LogP contribution < -0.4 is 16.0 Å². The number of thiazole rings is 1. The minimum absolute atomic E-state index is 0.0717. The molecule has 3 rings (SSSR count). The summed E-state index contributed by atoms with van der Waals surface area (Å²) in [4.78, 5) is 28.2. The van der Waals surface area contributed by atoms with Gasteiger partial charge in [-0.1, -0.05) is 36.0 Å². The zero-order valence-electron chi connectivity index (χ0n) is 14.8. The lowest BCUT2D eigenvalue weighted by Crippen LogP contribution is -2.19. The maximum absolute atomic E-state index is 12.2. The van der Waals surface area contributed by atoms with Crippen LogP contribution in [-0.4, -0.2) is 16.9 Å². The maximum atomic E-state index is 12.2. The Morgan fingerprint density at radius 1 is 1.00 bits per heavy atom. The van der Waals surface area contributed by atoms with E-state index in [9.17, 15) is 9.59 Å².